The first kappa shape index (κ1) is 20.4. The summed E-state index contributed by atoms with van der Waals surface area (Å²) in [4.78, 5) is 39.2. The number of carboxylic acids is 1. The van der Waals surface area contributed by atoms with Gasteiger partial charge < -0.3 is 14.7 Å². The largest absolute Gasteiger partial charge is 0.478 e. The van der Waals surface area contributed by atoms with Gasteiger partial charge in [-0.3, -0.25) is 9.69 Å². The lowest BCUT2D eigenvalue weighted by atomic mass is 10.00. The minimum absolute atomic E-state index is 0.103. The molecule has 2 amide bonds. The zero-order chi connectivity index (χ0) is 21.3. The Bertz CT molecular complexity index is 952. The summed E-state index contributed by atoms with van der Waals surface area (Å²) in [6.45, 7) is 7.28. The van der Waals surface area contributed by atoms with Gasteiger partial charge in [-0.1, -0.05) is 18.2 Å². The lowest BCUT2D eigenvalue weighted by molar-refractivity contribution is -0.117. The maximum absolute atomic E-state index is 12.7. The van der Waals surface area contributed by atoms with Crippen LogP contribution in [-0.2, 0) is 9.53 Å². The molecular weight excluding hydrogens is 372 g/mol. The summed E-state index contributed by atoms with van der Waals surface area (Å²) in [6, 6.07) is 11.8. The van der Waals surface area contributed by atoms with E-state index < -0.39 is 12.1 Å². The smallest absolute Gasteiger partial charge is 0.414 e. The molecule has 1 N–H and O–H groups in total. The fraction of sp³-hybridized carbons (Fsp3) is 0.318. The van der Waals surface area contributed by atoms with Gasteiger partial charge in [0.1, 0.15) is 0 Å². The van der Waals surface area contributed by atoms with E-state index in [1.165, 1.54) is 19.1 Å². The van der Waals surface area contributed by atoms with E-state index in [2.05, 4.69) is 0 Å². The zero-order valence-electron chi connectivity index (χ0n) is 16.9. The van der Waals surface area contributed by atoms with Crippen molar-refractivity contribution >= 4 is 29.3 Å². The number of aromatic carboxylic acids is 1. The molecule has 2 aromatic carbocycles. The number of ether oxygens (including phenoxy) is 1. The van der Waals surface area contributed by atoms with Gasteiger partial charge in [-0.15, -0.1) is 0 Å². The van der Waals surface area contributed by atoms with Crippen LogP contribution in [0.3, 0.4) is 0 Å². The molecular formula is C22H24N2O5. The summed E-state index contributed by atoms with van der Waals surface area (Å²) in [7, 11) is 0. The SMILES string of the molecule is CC(=O)N1c2ccc(-c3ccc(C(=O)O)cc3)cc2N(C(=O)OC(C)C)C[C@@H]1C. The monoisotopic (exact) mass is 396 g/mol. The van der Waals surface area contributed by atoms with E-state index in [0.717, 1.165) is 11.1 Å². The summed E-state index contributed by atoms with van der Waals surface area (Å²) < 4.78 is 5.40. The van der Waals surface area contributed by atoms with Crippen LogP contribution in [-0.4, -0.2) is 41.8 Å². The highest BCUT2D eigenvalue weighted by atomic mass is 16.6. The number of hydrogen-bond acceptors (Lipinski definition) is 4. The van der Waals surface area contributed by atoms with Gasteiger partial charge in [-0.25, -0.2) is 9.59 Å². The molecule has 152 valence electrons. The van der Waals surface area contributed by atoms with Gasteiger partial charge >= 0.3 is 12.1 Å². The molecule has 1 heterocycles. The molecule has 0 saturated carbocycles. The van der Waals surface area contributed by atoms with Crippen LogP contribution in [0.15, 0.2) is 42.5 Å². The highest BCUT2D eigenvalue weighted by molar-refractivity contribution is 6.03. The lowest BCUT2D eigenvalue weighted by Gasteiger charge is -2.40. The number of amides is 2. The molecule has 0 saturated heterocycles. The number of nitrogens with zero attached hydrogens (tertiary/aromatic N) is 2. The van der Waals surface area contributed by atoms with E-state index in [-0.39, 0.29) is 23.6 Å². The Kier molecular flexibility index (Phi) is 5.59. The summed E-state index contributed by atoms with van der Waals surface area (Å²) in [5, 5.41) is 9.08. The van der Waals surface area contributed by atoms with Gasteiger partial charge in [0.25, 0.3) is 0 Å². The molecule has 7 nitrogen and oxygen atoms in total. The molecule has 29 heavy (non-hydrogen) atoms. The van der Waals surface area contributed by atoms with Gasteiger partial charge in [0.15, 0.2) is 0 Å². The fourth-order valence-electron chi connectivity index (χ4n) is 3.53. The summed E-state index contributed by atoms with van der Waals surface area (Å²) in [5.74, 6) is -1.09. The Morgan fingerprint density at radius 1 is 1.03 bits per heavy atom. The van der Waals surface area contributed by atoms with Crippen molar-refractivity contribution in [2.75, 3.05) is 16.3 Å². The van der Waals surface area contributed by atoms with Crippen molar-refractivity contribution in [3.05, 3.63) is 48.0 Å². The van der Waals surface area contributed by atoms with Crippen LogP contribution in [0, 0.1) is 0 Å². The van der Waals surface area contributed by atoms with Gasteiger partial charge in [-0.2, -0.15) is 0 Å². The van der Waals surface area contributed by atoms with Crippen molar-refractivity contribution in [1.82, 2.24) is 0 Å². The summed E-state index contributed by atoms with van der Waals surface area (Å²) in [5.41, 5.74) is 3.04. The second-order valence-electron chi connectivity index (χ2n) is 7.37. The Balaban J connectivity index is 2.07. The molecule has 3 rings (SSSR count). The third kappa shape index (κ3) is 4.08. The van der Waals surface area contributed by atoms with Crippen LogP contribution in [0.1, 0.15) is 38.1 Å². The molecule has 0 spiro atoms. The van der Waals surface area contributed by atoms with Crippen LogP contribution in [0.5, 0.6) is 0 Å². The maximum Gasteiger partial charge on any atom is 0.414 e. The molecule has 1 atom stereocenters. The molecule has 0 aromatic heterocycles. The van der Waals surface area contributed by atoms with Gasteiger partial charge in [-0.05, 0) is 56.2 Å². The standard InChI is InChI=1S/C22H24N2O5/c1-13(2)29-22(28)23-12-14(3)24(15(4)25)19-10-9-18(11-20(19)23)16-5-7-17(8-6-16)21(26)27/h5-11,13-14H,12H2,1-4H3,(H,26,27)/t14-/m0/s1. The number of rotatable bonds is 3. The van der Waals surface area contributed by atoms with Crippen molar-refractivity contribution in [2.45, 2.75) is 39.8 Å². The molecule has 1 aliphatic heterocycles. The van der Waals surface area contributed by atoms with E-state index in [1.807, 2.05) is 25.1 Å². The topological polar surface area (TPSA) is 87.2 Å². The van der Waals surface area contributed by atoms with Crippen molar-refractivity contribution in [3.63, 3.8) is 0 Å². The molecule has 7 heteroatoms. The number of fused-ring (bicyclic) bond motifs is 1. The highest BCUT2D eigenvalue weighted by Gasteiger charge is 2.34. The molecule has 0 unspecified atom stereocenters. The first-order valence-corrected chi connectivity index (χ1v) is 9.44. The maximum atomic E-state index is 12.7. The number of benzene rings is 2. The van der Waals surface area contributed by atoms with Crippen molar-refractivity contribution in [1.29, 1.82) is 0 Å². The van der Waals surface area contributed by atoms with Gasteiger partial charge in [0, 0.05) is 13.5 Å². The van der Waals surface area contributed by atoms with E-state index in [1.54, 1.807) is 35.8 Å². The second kappa shape index (κ2) is 7.95. The Morgan fingerprint density at radius 3 is 2.21 bits per heavy atom. The predicted molar refractivity (Wildman–Crippen MR) is 110 cm³/mol. The van der Waals surface area contributed by atoms with Crippen LogP contribution >= 0.6 is 0 Å². The van der Waals surface area contributed by atoms with E-state index in [4.69, 9.17) is 9.84 Å². The fourth-order valence-corrected chi connectivity index (χ4v) is 3.53. The number of anilines is 2. The minimum Gasteiger partial charge on any atom is -0.478 e. The summed E-state index contributed by atoms with van der Waals surface area (Å²) >= 11 is 0. The predicted octanol–water partition coefficient (Wildman–Crippen LogP) is 4.16. The van der Waals surface area contributed by atoms with Crippen LogP contribution in [0.2, 0.25) is 0 Å². The van der Waals surface area contributed by atoms with Gasteiger partial charge in [0.05, 0.1) is 29.1 Å². The van der Waals surface area contributed by atoms with Gasteiger partial charge in [0.2, 0.25) is 5.91 Å². The Labute approximate surface area is 169 Å². The van der Waals surface area contributed by atoms with Crippen LogP contribution in [0.4, 0.5) is 16.2 Å². The number of carboxylic acid groups (broad SMARTS) is 1. The van der Waals surface area contributed by atoms with E-state index in [0.29, 0.717) is 17.9 Å². The zero-order valence-corrected chi connectivity index (χ0v) is 16.9. The average Bonchev–Trinajstić information content (AvgIpc) is 2.66. The van der Waals surface area contributed by atoms with E-state index >= 15 is 0 Å². The molecule has 0 radical (unpaired) electrons. The third-order valence-electron chi connectivity index (χ3n) is 4.77. The van der Waals surface area contributed by atoms with Crippen molar-refractivity contribution in [3.8, 4) is 11.1 Å². The third-order valence-corrected chi connectivity index (χ3v) is 4.77. The van der Waals surface area contributed by atoms with Crippen molar-refractivity contribution in [2.24, 2.45) is 0 Å². The Hall–Kier alpha value is -3.35. The van der Waals surface area contributed by atoms with Crippen LogP contribution in [0.25, 0.3) is 11.1 Å². The normalized spacial score (nSPS) is 15.8. The van der Waals surface area contributed by atoms with E-state index in [9.17, 15) is 14.4 Å². The Morgan fingerprint density at radius 2 is 1.66 bits per heavy atom. The number of carbonyl (C=O) groups is 3. The lowest BCUT2D eigenvalue weighted by Crippen LogP contribution is -2.51. The molecule has 0 fully saturated rings. The minimum atomic E-state index is -0.990. The quantitative estimate of drug-likeness (QED) is 0.842. The molecule has 2 aromatic rings. The molecule has 1 aliphatic rings. The van der Waals surface area contributed by atoms with Crippen LogP contribution < -0.4 is 9.80 Å². The summed E-state index contributed by atoms with van der Waals surface area (Å²) in [6.07, 6.45) is -0.728. The average molecular weight is 396 g/mol. The molecule has 0 aliphatic carbocycles. The highest BCUT2D eigenvalue weighted by Crippen LogP contribution is 2.39. The number of hydrogen-bond donors (Lipinski definition) is 1. The first-order chi connectivity index (χ1) is 13.7. The number of carbonyl (C=O) groups excluding carboxylic acids is 2. The second-order valence-corrected chi connectivity index (χ2v) is 7.37. The van der Waals surface area contributed by atoms with Crippen molar-refractivity contribution < 1.29 is 24.2 Å². The first-order valence-electron chi connectivity index (χ1n) is 9.44. The molecule has 0 bridgehead atoms.